The van der Waals surface area contributed by atoms with Crippen molar-refractivity contribution in [1.82, 2.24) is 10.2 Å². The van der Waals surface area contributed by atoms with Crippen LogP contribution in [0.2, 0.25) is 0 Å². The molecule has 0 aromatic carbocycles. The van der Waals surface area contributed by atoms with Gasteiger partial charge in [0.15, 0.2) is 0 Å². The first-order valence-corrected chi connectivity index (χ1v) is 8.28. The third-order valence-corrected chi connectivity index (χ3v) is 5.41. The summed E-state index contributed by atoms with van der Waals surface area (Å²) < 4.78 is 0. The minimum Gasteiger partial charge on any atom is -0.340 e. The zero-order valence-corrected chi connectivity index (χ0v) is 12.2. The number of rotatable bonds is 2. The SMILES string of the molecule is CC1CCCCCN1C(=O)CC1CC2CCC(C1)N2. The Hall–Kier alpha value is -0.570. The predicted molar refractivity (Wildman–Crippen MR) is 76.9 cm³/mol. The van der Waals surface area contributed by atoms with Crippen LogP contribution in [0.5, 0.6) is 0 Å². The second kappa shape index (κ2) is 5.82. The second-order valence-corrected chi connectivity index (χ2v) is 6.96. The summed E-state index contributed by atoms with van der Waals surface area (Å²) in [5.41, 5.74) is 0. The van der Waals surface area contributed by atoms with Gasteiger partial charge in [0.25, 0.3) is 0 Å². The van der Waals surface area contributed by atoms with Crippen molar-refractivity contribution in [3.8, 4) is 0 Å². The summed E-state index contributed by atoms with van der Waals surface area (Å²) in [6.45, 7) is 3.23. The highest BCUT2D eigenvalue weighted by Crippen LogP contribution is 2.33. The number of hydrogen-bond donors (Lipinski definition) is 1. The standard InChI is InChI=1S/C16H28N2O/c1-12-5-3-2-4-8-18(12)16(19)11-13-9-14-6-7-15(10-13)17-14/h12-15,17H,2-11H2,1H3. The number of carbonyl (C=O) groups excluding carboxylic acids is 1. The molecule has 3 unspecified atom stereocenters. The maximum Gasteiger partial charge on any atom is 0.223 e. The predicted octanol–water partition coefficient (Wildman–Crippen LogP) is 2.70. The zero-order chi connectivity index (χ0) is 13.2. The summed E-state index contributed by atoms with van der Waals surface area (Å²) in [6, 6.07) is 1.88. The smallest absolute Gasteiger partial charge is 0.223 e. The fourth-order valence-corrected chi connectivity index (χ4v) is 4.35. The van der Waals surface area contributed by atoms with E-state index in [-0.39, 0.29) is 0 Å². The fourth-order valence-electron chi connectivity index (χ4n) is 4.35. The van der Waals surface area contributed by atoms with Gasteiger partial charge in [-0.1, -0.05) is 12.8 Å². The summed E-state index contributed by atoms with van der Waals surface area (Å²) in [5.74, 6) is 1.07. The van der Waals surface area contributed by atoms with Crippen molar-refractivity contribution in [3.05, 3.63) is 0 Å². The average Bonchev–Trinajstić information content (AvgIpc) is 2.60. The molecule has 0 saturated carbocycles. The van der Waals surface area contributed by atoms with Gasteiger partial charge in [-0.3, -0.25) is 4.79 Å². The molecule has 0 aromatic heterocycles. The average molecular weight is 264 g/mol. The van der Waals surface area contributed by atoms with Gasteiger partial charge in [-0.05, 0) is 51.4 Å². The van der Waals surface area contributed by atoms with Gasteiger partial charge >= 0.3 is 0 Å². The molecule has 19 heavy (non-hydrogen) atoms. The lowest BCUT2D eigenvalue weighted by Crippen LogP contribution is -2.42. The van der Waals surface area contributed by atoms with E-state index in [0.717, 1.165) is 13.0 Å². The highest BCUT2D eigenvalue weighted by atomic mass is 16.2. The van der Waals surface area contributed by atoms with E-state index in [1.165, 1.54) is 51.4 Å². The number of likely N-dealkylation sites (tertiary alicyclic amines) is 1. The molecule has 3 aliphatic rings. The highest BCUT2D eigenvalue weighted by Gasteiger charge is 2.35. The van der Waals surface area contributed by atoms with Crippen molar-refractivity contribution in [3.63, 3.8) is 0 Å². The molecule has 2 bridgehead atoms. The van der Waals surface area contributed by atoms with Gasteiger partial charge in [-0.25, -0.2) is 0 Å². The maximum atomic E-state index is 12.6. The lowest BCUT2D eigenvalue weighted by atomic mass is 9.89. The van der Waals surface area contributed by atoms with Gasteiger partial charge < -0.3 is 10.2 Å². The highest BCUT2D eigenvalue weighted by molar-refractivity contribution is 5.76. The first-order chi connectivity index (χ1) is 9.22. The van der Waals surface area contributed by atoms with Crippen LogP contribution in [0.15, 0.2) is 0 Å². The normalized spacial score (nSPS) is 39.1. The lowest BCUT2D eigenvalue weighted by Gasteiger charge is -2.32. The van der Waals surface area contributed by atoms with Crippen molar-refractivity contribution in [2.75, 3.05) is 6.54 Å². The Morgan fingerprint density at radius 2 is 1.84 bits per heavy atom. The number of nitrogens with one attached hydrogen (secondary N) is 1. The molecule has 3 fully saturated rings. The monoisotopic (exact) mass is 264 g/mol. The van der Waals surface area contributed by atoms with Gasteiger partial charge in [0.1, 0.15) is 0 Å². The number of fused-ring (bicyclic) bond motifs is 2. The van der Waals surface area contributed by atoms with Crippen LogP contribution in [0.3, 0.4) is 0 Å². The lowest BCUT2D eigenvalue weighted by molar-refractivity contribution is -0.134. The van der Waals surface area contributed by atoms with E-state index < -0.39 is 0 Å². The van der Waals surface area contributed by atoms with Gasteiger partial charge in [-0.2, -0.15) is 0 Å². The molecule has 0 aliphatic carbocycles. The molecule has 3 atom stereocenters. The van der Waals surface area contributed by atoms with Crippen LogP contribution >= 0.6 is 0 Å². The summed E-state index contributed by atoms with van der Waals surface area (Å²) in [7, 11) is 0. The van der Waals surface area contributed by atoms with Crippen LogP contribution in [0.25, 0.3) is 0 Å². The summed E-state index contributed by atoms with van der Waals surface area (Å²) in [4.78, 5) is 14.7. The number of piperidine rings is 1. The molecule has 3 saturated heterocycles. The molecular formula is C16H28N2O. The summed E-state index contributed by atoms with van der Waals surface area (Å²) in [6.07, 6.45) is 10.9. The number of carbonyl (C=O) groups is 1. The third-order valence-electron chi connectivity index (χ3n) is 5.41. The van der Waals surface area contributed by atoms with Gasteiger partial charge in [0.05, 0.1) is 0 Å². The molecule has 3 rings (SSSR count). The van der Waals surface area contributed by atoms with Crippen LogP contribution < -0.4 is 5.32 Å². The van der Waals surface area contributed by atoms with Crippen LogP contribution in [-0.4, -0.2) is 35.5 Å². The molecule has 0 aromatic rings. The number of amides is 1. The van der Waals surface area contributed by atoms with Crippen molar-refractivity contribution < 1.29 is 4.79 Å². The first-order valence-electron chi connectivity index (χ1n) is 8.28. The fraction of sp³-hybridized carbons (Fsp3) is 0.938. The quantitative estimate of drug-likeness (QED) is 0.831. The Morgan fingerprint density at radius 3 is 2.58 bits per heavy atom. The molecule has 3 heteroatoms. The molecule has 108 valence electrons. The molecule has 0 spiro atoms. The van der Waals surface area contributed by atoms with E-state index in [4.69, 9.17) is 0 Å². The molecule has 3 heterocycles. The maximum absolute atomic E-state index is 12.6. The third kappa shape index (κ3) is 3.13. The van der Waals surface area contributed by atoms with E-state index in [9.17, 15) is 4.79 Å². The Balaban J connectivity index is 1.55. The van der Waals surface area contributed by atoms with Crippen molar-refractivity contribution in [1.29, 1.82) is 0 Å². The van der Waals surface area contributed by atoms with Crippen molar-refractivity contribution in [2.24, 2.45) is 5.92 Å². The topological polar surface area (TPSA) is 32.3 Å². The summed E-state index contributed by atoms with van der Waals surface area (Å²) in [5, 5.41) is 3.67. The number of nitrogens with zero attached hydrogens (tertiary/aromatic N) is 1. The molecule has 3 nitrogen and oxygen atoms in total. The minimum absolute atomic E-state index is 0.431. The Bertz CT molecular complexity index is 319. The Morgan fingerprint density at radius 1 is 1.11 bits per heavy atom. The van der Waals surface area contributed by atoms with Gasteiger partial charge in [-0.15, -0.1) is 0 Å². The Kier molecular flexibility index (Phi) is 4.11. The minimum atomic E-state index is 0.431. The van der Waals surface area contributed by atoms with Gasteiger partial charge in [0, 0.05) is 31.1 Å². The second-order valence-electron chi connectivity index (χ2n) is 6.96. The summed E-state index contributed by atoms with van der Waals surface area (Å²) >= 11 is 0. The first kappa shape index (κ1) is 13.4. The van der Waals surface area contributed by atoms with Crippen LogP contribution in [-0.2, 0) is 4.79 Å². The van der Waals surface area contributed by atoms with Crippen LogP contribution in [0, 0.1) is 5.92 Å². The number of hydrogen-bond acceptors (Lipinski definition) is 2. The van der Waals surface area contributed by atoms with E-state index >= 15 is 0 Å². The van der Waals surface area contributed by atoms with Gasteiger partial charge in [0.2, 0.25) is 5.91 Å². The molecule has 0 radical (unpaired) electrons. The van der Waals surface area contributed by atoms with Crippen LogP contribution in [0.1, 0.15) is 64.7 Å². The Labute approximate surface area is 117 Å². The largest absolute Gasteiger partial charge is 0.340 e. The van der Waals surface area contributed by atoms with Crippen molar-refractivity contribution >= 4 is 5.91 Å². The van der Waals surface area contributed by atoms with Crippen molar-refractivity contribution in [2.45, 2.75) is 82.8 Å². The van der Waals surface area contributed by atoms with E-state index in [2.05, 4.69) is 17.1 Å². The zero-order valence-electron chi connectivity index (χ0n) is 12.2. The molecule has 1 N–H and O–H groups in total. The van der Waals surface area contributed by atoms with E-state index in [1.54, 1.807) is 0 Å². The van der Waals surface area contributed by atoms with E-state index in [1.807, 2.05) is 0 Å². The van der Waals surface area contributed by atoms with E-state index in [0.29, 0.717) is 30.0 Å². The molecular weight excluding hydrogens is 236 g/mol. The molecule has 3 aliphatic heterocycles. The molecule has 1 amide bonds. The van der Waals surface area contributed by atoms with Crippen LogP contribution in [0.4, 0.5) is 0 Å².